The molecule has 73 heavy (non-hydrogen) atoms. The largest absolute Gasteiger partial charge is 0.477 e. The summed E-state index contributed by atoms with van der Waals surface area (Å²) in [5.41, 5.74) is 33.3. The molecule has 0 aromatic carbocycles. The van der Waals surface area contributed by atoms with Crippen LogP contribution < -0.4 is 71.6 Å². The van der Waals surface area contributed by atoms with Crippen molar-refractivity contribution in [1.82, 2.24) is 51.7 Å². The van der Waals surface area contributed by atoms with Crippen LogP contribution in [0.25, 0.3) is 0 Å². The molecule has 0 aliphatic carbocycles. The number of nitrogens with zero attached hydrogens (tertiary/aromatic N) is 4. The Morgan fingerprint density at radius 2 is 1.53 bits per heavy atom. The van der Waals surface area contributed by atoms with E-state index >= 15 is 0 Å². The van der Waals surface area contributed by atoms with Crippen molar-refractivity contribution in [3.63, 3.8) is 0 Å². The van der Waals surface area contributed by atoms with Gasteiger partial charge in [-0.1, -0.05) is 12.5 Å². The number of aromatic nitrogens is 2. The Hall–Kier alpha value is -6.92. The molecule has 2 rings (SSSR count). The molecule has 1 aliphatic heterocycles. The van der Waals surface area contributed by atoms with Crippen LogP contribution in [0, 0.1) is 5.41 Å². The van der Waals surface area contributed by atoms with Gasteiger partial charge < -0.3 is 91.3 Å². The second-order valence-corrected chi connectivity index (χ2v) is 17.3. The molecule has 408 valence electrons. The second kappa shape index (κ2) is 32.9. The normalized spacial score (nSPS) is 16.2. The highest BCUT2D eigenvalue weighted by Gasteiger charge is 2.39. The standard InChI is InChI=1S/C44H76N18O11/c1-25(55-41(70)35(33(63)21-48)60-37(66)27(49)10-3-5-15-45)36(65)53-22-34(64)56-29(12-7-17-47)42(71)62-19-9-14-32(62)40(69)59-31(20-26-23-61(2)24-54-26)39(68)57-28(11-4-6-16-46)38(67)58-30(43(72)73)13-8-18-52-44(50)51/h13,23-25,27-28,31-33,35,63H,3-12,14-22,45-49H2,1-2H3,(H,53,65)(H,55,70)(H,57,68)(H,58,67)(H,59,69)(H,60,66)(H,72,73)(H4,50,51,52)/b30-13-,56-29+/t25-,27-,28-,31-,32-,33-,35-/m0/s1. The maximum absolute atomic E-state index is 14.1. The van der Waals surface area contributed by atoms with E-state index in [9.17, 15) is 53.4 Å². The van der Waals surface area contributed by atoms with E-state index in [2.05, 4.69) is 47.2 Å². The second-order valence-electron chi connectivity index (χ2n) is 17.3. The lowest BCUT2D eigenvalue weighted by molar-refractivity contribution is -0.137. The number of guanidine groups is 1. The van der Waals surface area contributed by atoms with Crippen molar-refractivity contribution in [3.8, 4) is 0 Å². The molecule has 22 N–H and O–H groups in total. The Kier molecular flexibility index (Phi) is 28.1. The predicted molar refractivity (Wildman–Crippen MR) is 266 cm³/mol. The monoisotopic (exact) mass is 1030 g/mol. The van der Waals surface area contributed by atoms with Gasteiger partial charge in [0.25, 0.3) is 11.8 Å². The molecular formula is C44H76N18O11. The SMILES string of the molecule is C[C@H](NC(=O)[C@@H](NC(=O)[C@@H](N)CCCCN)[C@@H](O)CN)C(=O)NCC(=O)/N=C(\CCCN)C(=O)N1CCC[C@H]1C(=O)N[C@@H](Cc1cn(C)cn1)C(=O)N[C@@H](CCCCN)C(=O)N/C(=C\CCNC(=N)N)C(=O)O. The minimum absolute atomic E-state index is 0.0416. The molecule has 29 nitrogen and oxygen atoms in total. The van der Waals surface area contributed by atoms with Crippen molar-refractivity contribution < 1.29 is 53.4 Å². The van der Waals surface area contributed by atoms with E-state index in [1.165, 1.54) is 24.2 Å². The van der Waals surface area contributed by atoms with Gasteiger partial charge in [-0.05, 0) is 90.8 Å². The number of carbonyl (C=O) groups excluding carboxylic acids is 8. The Morgan fingerprint density at radius 3 is 2.14 bits per heavy atom. The van der Waals surface area contributed by atoms with E-state index in [4.69, 9.17) is 39.8 Å². The number of amides is 8. The van der Waals surface area contributed by atoms with Gasteiger partial charge in [0, 0.05) is 39.3 Å². The summed E-state index contributed by atoms with van der Waals surface area (Å²) in [7, 11) is 1.69. The fraction of sp³-hybridized carbons (Fsp3) is 0.636. The quantitative estimate of drug-likeness (QED) is 0.0135. The average molecular weight is 1030 g/mol. The first kappa shape index (κ1) is 62.2. The highest BCUT2D eigenvalue weighted by atomic mass is 16.4. The number of unbranched alkanes of at least 4 members (excludes halogenated alkanes) is 2. The predicted octanol–water partition coefficient (Wildman–Crippen LogP) is -6.40. The van der Waals surface area contributed by atoms with E-state index in [-0.39, 0.29) is 82.8 Å². The van der Waals surface area contributed by atoms with Gasteiger partial charge in [-0.25, -0.2) is 14.8 Å². The molecule has 7 atom stereocenters. The smallest absolute Gasteiger partial charge is 0.352 e. The third-order valence-electron chi connectivity index (χ3n) is 11.3. The minimum atomic E-state index is -1.57. The molecule has 1 aromatic heterocycles. The number of rotatable bonds is 33. The Balaban J connectivity index is 2.27. The van der Waals surface area contributed by atoms with Crippen molar-refractivity contribution >= 4 is 64.9 Å². The molecule has 0 bridgehead atoms. The lowest BCUT2D eigenvalue weighted by Gasteiger charge is -2.27. The molecule has 1 fully saturated rings. The molecule has 0 spiro atoms. The van der Waals surface area contributed by atoms with Gasteiger partial charge >= 0.3 is 5.97 Å². The Morgan fingerprint density at radius 1 is 0.863 bits per heavy atom. The number of aliphatic hydroxyl groups excluding tert-OH is 1. The van der Waals surface area contributed by atoms with Gasteiger partial charge in [-0.3, -0.25) is 43.8 Å². The van der Waals surface area contributed by atoms with Crippen LogP contribution in [-0.2, 0) is 56.6 Å². The number of carbonyl (C=O) groups is 9. The summed E-state index contributed by atoms with van der Waals surface area (Å²) >= 11 is 0. The van der Waals surface area contributed by atoms with Gasteiger partial charge in [-0.15, -0.1) is 0 Å². The number of likely N-dealkylation sites (tertiary alicyclic amines) is 1. The van der Waals surface area contributed by atoms with E-state index in [1.54, 1.807) is 17.8 Å². The summed E-state index contributed by atoms with van der Waals surface area (Å²) in [6.45, 7) is 1.05. The van der Waals surface area contributed by atoms with Crippen molar-refractivity contribution in [3.05, 3.63) is 30.0 Å². The van der Waals surface area contributed by atoms with Gasteiger partial charge in [0.15, 0.2) is 5.96 Å². The highest BCUT2D eigenvalue weighted by molar-refractivity contribution is 6.40. The maximum Gasteiger partial charge on any atom is 0.352 e. The number of aliphatic imine (C=N–C) groups is 1. The number of aryl methyl sites for hydroxylation is 1. The number of imidazole rings is 1. The number of hydrogen-bond donors (Lipinski definition) is 16. The van der Waals surface area contributed by atoms with Crippen LogP contribution in [0.4, 0.5) is 0 Å². The summed E-state index contributed by atoms with van der Waals surface area (Å²) in [6.07, 6.45) is 5.58. The van der Waals surface area contributed by atoms with Crippen LogP contribution in [-0.4, -0.2) is 178 Å². The molecule has 29 heteroatoms. The fourth-order valence-corrected chi connectivity index (χ4v) is 7.30. The number of nitrogens with two attached hydrogens (primary N) is 6. The van der Waals surface area contributed by atoms with Crippen LogP contribution >= 0.6 is 0 Å². The van der Waals surface area contributed by atoms with Crippen molar-refractivity contribution in [2.45, 2.75) is 126 Å². The zero-order chi connectivity index (χ0) is 54.6. The van der Waals surface area contributed by atoms with Gasteiger partial charge in [0.1, 0.15) is 41.6 Å². The summed E-state index contributed by atoms with van der Waals surface area (Å²) in [5.74, 6) is -8.53. The Bertz CT molecular complexity index is 2120. The van der Waals surface area contributed by atoms with Crippen molar-refractivity contribution in [1.29, 1.82) is 5.41 Å². The number of carboxylic acids is 1. The maximum atomic E-state index is 14.1. The van der Waals surface area contributed by atoms with Crippen molar-refractivity contribution in [2.24, 2.45) is 46.4 Å². The zero-order valence-corrected chi connectivity index (χ0v) is 41.5. The molecule has 0 unspecified atom stereocenters. The lowest BCUT2D eigenvalue weighted by Crippen LogP contribution is -2.60. The van der Waals surface area contributed by atoms with Crippen LogP contribution in [0.1, 0.15) is 83.2 Å². The summed E-state index contributed by atoms with van der Waals surface area (Å²) in [6, 6.07) is -7.71. The van der Waals surface area contributed by atoms with E-state index in [0.717, 1.165) is 0 Å². The minimum Gasteiger partial charge on any atom is -0.477 e. The number of nitrogens with one attached hydrogen (secondary N) is 8. The van der Waals surface area contributed by atoms with E-state index < -0.39 is 114 Å². The third-order valence-corrected chi connectivity index (χ3v) is 11.3. The van der Waals surface area contributed by atoms with Gasteiger partial charge in [0.2, 0.25) is 35.4 Å². The molecule has 0 saturated carbocycles. The first-order chi connectivity index (χ1) is 34.7. The number of hydrogen-bond acceptors (Lipinski definition) is 17. The third kappa shape index (κ3) is 22.2. The first-order valence-electron chi connectivity index (χ1n) is 24.1. The molecule has 1 aliphatic rings. The summed E-state index contributed by atoms with van der Waals surface area (Å²) < 4.78 is 1.62. The number of carboxylic acid groups (broad SMARTS) is 1. The zero-order valence-electron chi connectivity index (χ0n) is 41.5. The van der Waals surface area contributed by atoms with Crippen LogP contribution in [0.2, 0.25) is 0 Å². The first-order valence-corrected chi connectivity index (χ1v) is 24.1. The summed E-state index contributed by atoms with van der Waals surface area (Å²) in [4.78, 5) is 129. The van der Waals surface area contributed by atoms with Crippen molar-refractivity contribution in [2.75, 3.05) is 45.8 Å². The summed E-state index contributed by atoms with van der Waals surface area (Å²) in [5, 5.41) is 44.7. The van der Waals surface area contributed by atoms with Gasteiger partial charge in [-0.2, -0.15) is 0 Å². The molecule has 2 heterocycles. The van der Waals surface area contributed by atoms with Gasteiger partial charge in [0.05, 0.1) is 30.7 Å². The van der Waals surface area contributed by atoms with E-state index in [1.807, 2.05) is 0 Å². The molecular weight excluding hydrogens is 957 g/mol. The highest BCUT2D eigenvalue weighted by Crippen LogP contribution is 2.20. The number of aliphatic hydroxyl groups is 1. The number of aliphatic carboxylic acids is 1. The van der Waals surface area contributed by atoms with Crippen LogP contribution in [0.5, 0.6) is 0 Å². The van der Waals surface area contributed by atoms with E-state index in [0.29, 0.717) is 44.3 Å². The van der Waals surface area contributed by atoms with Crippen LogP contribution in [0.15, 0.2) is 29.3 Å². The van der Waals surface area contributed by atoms with Crippen LogP contribution in [0.3, 0.4) is 0 Å². The Labute approximate surface area is 423 Å². The molecule has 0 radical (unpaired) electrons. The fourth-order valence-electron chi connectivity index (χ4n) is 7.30. The lowest BCUT2D eigenvalue weighted by atomic mass is 10.1. The molecule has 8 amide bonds. The topological polar surface area (TPSA) is 492 Å². The average Bonchev–Trinajstić information content (AvgIpc) is 4.02. The molecule has 1 saturated heterocycles. The molecule has 1 aromatic rings.